The summed E-state index contributed by atoms with van der Waals surface area (Å²) in [5.74, 6) is -21.2. The van der Waals surface area contributed by atoms with Crippen molar-refractivity contribution < 1.29 is 78.4 Å². The molecule has 3 amide bonds. The number of β-amino-alcohol motifs (C(OH)–C–C–N with tert-alkyl or cyclic N) is 1. The number of benzene rings is 1. The lowest BCUT2D eigenvalue weighted by Crippen LogP contribution is -2.54. The Morgan fingerprint density at radius 1 is 0.962 bits per heavy atom. The van der Waals surface area contributed by atoms with E-state index in [0.29, 0.717) is 12.8 Å². The Bertz CT molecular complexity index is 1570. The molecule has 3 rings (SSSR count). The third kappa shape index (κ3) is 10.8. The van der Waals surface area contributed by atoms with Crippen molar-refractivity contribution in [2.24, 2.45) is 5.92 Å². The highest BCUT2D eigenvalue weighted by Crippen LogP contribution is 2.46. The number of hydrogen-bond donors (Lipinski definition) is 3. The van der Waals surface area contributed by atoms with Crippen molar-refractivity contribution >= 4 is 29.8 Å². The van der Waals surface area contributed by atoms with Gasteiger partial charge in [0.1, 0.15) is 23.2 Å². The van der Waals surface area contributed by atoms with Crippen molar-refractivity contribution in [3.63, 3.8) is 0 Å². The number of amides is 3. The van der Waals surface area contributed by atoms with E-state index >= 15 is 0 Å². The van der Waals surface area contributed by atoms with Crippen molar-refractivity contribution in [3.8, 4) is 5.75 Å². The maximum atomic E-state index is 14.0. The van der Waals surface area contributed by atoms with E-state index in [2.05, 4.69) is 10.1 Å². The highest BCUT2D eigenvalue weighted by Gasteiger charge is 2.62. The minimum atomic E-state index is -5.50. The largest absolute Gasteiger partial charge is 0.471 e. The Balaban J connectivity index is 1.60. The SMILES string of the molecule is CCOC(=O)[C@@]1(NC(=O)[C@@H]2C[C@@H](O)CN2C(=O)OC(C)(C)C)C[C@H]1/C=C\CCCCC[C@H](NC(=O)C(F)(F)F)C(=O)Oc1c(F)c(F)c(F)c(F)c1F. The number of aliphatic hydroxyl groups is 1. The van der Waals surface area contributed by atoms with Gasteiger partial charge in [-0.05, 0) is 53.4 Å². The predicted octanol–water partition coefficient (Wildman–Crippen LogP) is 4.65. The van der Waals surface area contributed by atoms with Crippen LogP contribution in [0.3, 0.4) is 0 Å². The first-order valence-corrected chi connectivity index (χ1v) is 16.5. The summed E-state index contributed by atoms with van der Waals surface area (Å²) in [5.41, 5.74) is -2.34. The summed E-state index contributed by atoms with van der Waals surface area (Å²) in [4.78, 5) is 64.0. The first-order valence-electron chi connectivity index (χ1n) is 16.5. The van der Waals surface area contributed by atoms with Crippen LogP contribution in [0.15, 0.2) is 12.2 Å². The predicted molar refractivity (Wildman–Crippen MR) is 165 cm³/mol. The van der Waals surface area contributed by atoms with E-state index in [1.807, 2.05) is 0 Å². The molecule has 20 heteroatoms. The fourth-order valence-corrected chi connectivity index (χ4v) is 5.48. The number of halogens is 8. The molecule has 1 aliphatic heterocycles. The number of unbranched alkanes of at least 4 members (excludes halogenated alkanes) is 3. The molecule has 0 spiro atoms. The second-order valence-electron chi connectivity index (χ2n) is 13.4. The first kappa shape index (κ1) is 42.9. The van der Waals surface area contributed by atoms with Gasteiger partial charge in [0.05, 0.1) is 19.3 Å². The summed E-state index contributed by atoms with van der Waals surface area (Å²) < 4.78 is 122. The fourth-order valence-electron chi connectivity index (χ4n) is 5.48. The quantitative estimate of drug-likeness (QED) is 0.0465. The third-order valence-corrected chi connectivity index (χ3v) is 8.16. The Kier molecular flexibility index (Phi) is 13.9. The number of hydrogen-bond acceptors (Lipinski definition) is 9. The number of nitrogens with one attached hydrogen (secondary N) is 2. The van der Waals surface area contributed by atoms with E-state index in [9.17, 15) is 64.2 Å². The molecular weight excluding hydrogens is 734 g/mol. The zero-order chi connectivity index (χ0) is 40.1. The van der Waals surface area contributed by atoms with Crippen LogP contribution in [0.2, 0.25) is 0 Å². The molecule has 1 aromatic rings. The molecule has 0 bridgehead atoms. The molecule has 1 heterocycles. The zero-order valence-electron chi connectivity index (χ0n) is 29.0. The number of rotatable bonds is 14. The lowest BCUT2D eigenvalue weighted by Gasteiger charge is -2.29. The van der Waals surface area contributed by atoms with Gasteiger partial charge in [0.15, 0.2) is 0 Å². The van der Waals surface area contributed by atoms with Crippen LogP contribution in [0.4, 0.5) is 39.9 Å². The Hall–Kier alpha value is -4.49. The molecule has 1 saturated heterocycles. The molecule has 12 nitrogen and oxygen atoms in total. The van der Waals surface area contributed by atoms with Crippen molar-refractivity contribution in [1.29, 1.82) is 0 Å². The van der Waals surface area contributed by atoms with Gasteiger partial charge in [0, 0.05) is 12.3 Å². The van der Waals surface area contributed by atoms with Crippen LogP contribution in [0.25, 0.3) is 0 Å². The topological polar surface area (TPSA) is 161 Å². The second kappa shape index (κ2) is 17.1. The van der Waals surface area contributed by atoms with Crippen molar-refractivity contribution in [2.45, 2.75) is 108 Å². The molecule has 3 N–H and O–H groups in total. The summed E-state index contributed by atoms with van der Waals surface area (Å²) in [7, 11) is 0. The van der Waals surface area contributed by atoms with E-state index in [1.54, 1.807) is 39.8 Å². The molecule has 0 aromatic heterocycles. The number of nitrogens with zero attached hydrogens (tertiary/aromatic N) is 1. The van der Waals surface area contributed by atoms with E-state index in [1.165, 1.54) is 5.32 Å². The molecule has 1 saturated carbocycles. The summed E-state index contributed by atoms with van der Waals surface area (Å²) >= 11 is 0. The van der Waals surface area contributed by atoms with Crippen molar-refractivity contribution in [3.05, 3.63) is 41.2 Å². The number of alkyl halides is 3. The molecule has 2 fully saturated rings. The summed E-state index contributed by atoms with van der Waals surface area (Å²) in [6.07, 6.45) is -3.88. The monoisotopic (exact) mass is 773 g/mol. The number of carbonyl (C=O) groups excluding carboxylic acids is 5. The van der Waals surface area contributed by atoms with Crippen LogP contribution in [0.1, 0.15) is 72.6 Å². The van der Waals surface area contributed by atoms with Gasteiger partial charge in [0.2, 0.25) is 40.7 Å². The van der Waals surface area contributed by atoms with Gasteiger partial charge in [-0.1, -0.05) is 25.0 Å². The van der Waals surface area contributed by atoms with Gasteiger partial charge in [0.25, 0.3) is 0 Å². The average Bonchev–Trinajstić information content (AvgIpc) is 3.61. The molecule has 296 valence electrons. The number of allylic oxidation sites excluding steroid dienone is 1. The fraction of sp³-hybridized carbons (Fsp3) is 0.606. The minimum Gasteiger partial charge on any atom is -0.464 e. The van der Waals surface area contributed by atoms with Gasteiger partial charge in [-0.15, -0.1) is 0 Å². The average molecular weight is 774 g/mol. The van der Waals surface area contributed by atoms with Gasteiger partial charge in [-0.2, -0.15) is 22.0 Å². The molecule has 5 atom stereocenters. The lowest BCUT2D eigenvalue weighted by molar-refractivity contribution is -0.175. The van der Waals surface area contributed by atoms with Gasteiger partial charge < -0.3 is 30.0 Å². The normalized spacial score (nSPS) is 22.0. The molecule has 53 heavy (non-hydrogen) atoms. The minimum absolute atomic E-state index is 0.00141. The van der Waals surface area contributed by atoms with Gasteiger partial charge >= 0.3 is 30.1 Å². The van der Waals surface area contributed by atoms with Crippen LogP contribution in [-0.2, 0) is 28.7 Å². The van der Waals surface area contributed by atoms with E-state index < -0.39 is 113 Å². The summed E-state index contributed by atoms with van der Waals surface area (Å²) in [6, 6.07) is -3.32. The Morgan fingerprint density at radius 3 is 2.13 bits per heavy atom. The van der Waals surface area contributed by atoms with E-state index in [4.69, 9.17) is 9.47 Å². The second-order valence-corrected chi connectivity index (χ2v) is 13.4. The van der Waals surface area contributed by atoms with Crippen LogP contribution >= 0.6 is 0 Å². The number of aliphatic hydroxyl groups excluding tert-OH is 1. The summed E-state index contributed by atoms with van der Waals surface area (Å²) in [5, 5.41) is 14.1. The third-order valence-electron chi connectivity index (χ3n) is 8.16. The first-order chi connectivity index (χ1) is 24.5. The zero-order valence-corrected chi connectivity index (χ0v) is 29.0. The molecule has 1 aliphatic carbocycles. The van der Waals surface area contributed by atoms with E-state index in [-0.39, 0.29) is 38.8 Å². The number of carbonyl (C=O) groups is 5. The maximum Gasteiger partial charge on any atom is 0.471 e. The van der Waals surface area contributed by atoms with Crippen LogP contribution < -0.4 is 15.4 Å². The molecular formula is C33H39F8N3O9. The van der Waals surface area contributed by atoms with Crippen molar-refractivity contribution in [2.75, 3.05) is 13.2 Å². The van der Waals surface area contributed by atoms with Gasteiger partial charge in [-0.25, -0.2) is 27.6 Å². The van der Waals surface area contributed by atoms with E-state index in [0.717, 1.165) is 4.90 Å². The van der Waals surface area contributed by atoms with Crippen LogP contribution in [0, 0.1) is 35.0 Å². The standard InChI is InChI=1S/C33H39F8N3O9/c1-5-51-29(49)32(43-26(46)19-13-17(45)15-44(19)30(50)53-31(2,3)4)14-16(32)11-9-7-6-8-10-12-18(42-28(48)33(39,40)41)27(47)52-25-23(37)21(35)20(34)22(36)24(25)38/h9,11,16-19,45H,5-8,10,12-15H2,1-4H3,(H,42,48)(H,43,46)/b11-9-/t16-,17-,18+,19+,32-/m1/s1. The highest BCUT2D eigenvalue weighted by atomic mass is 19.4. The number of esters is 2. The smallest absolute Gasteiger partial charge is 0.464 e. The van der Waals surface area contributed by atoms with Crippen LogP contribution in [0.5, 0.6) is 5.75 Å². The number of ether oxygens (including phenoxy) is 3. The number of likely N-dealkylation sites (tertiary alicyclic amines) is 1. The Morgan fingerprint density at radius 2 is 1.57 bits per heavy atom. The van der Waals surface area contributed by atoms with Crippen LogP contribution in [-0.4, -0.2) is 88.5 Å². The lowest BCUT2D eigenvalue weighted by atomic mass is 10.1. The molecule has 0 unspecified atom stereocenters. The maximum absolute atomic E-state index is 14.0. The Labute approximate surface area is 298 Å². The highest BCUT2D eigenvalue weighted by molar-refractivity contribution is 5.95. The molecule has 2 aliphatic rings. The summed E-state index contributed by atoms with van der Waals surface area (Å²) in [6.45, 7) is 6.30. The van der Waals surface area contributed by atoms with Gasteiger partial charge in [-0.3, -0.25) is 14.5 Å². The van der Waals surface area contributed by atoms with Crippen molar-refractivity contribution in [1.82, 2.24) is 15.5 Å². The molecule has 1 aromatic carbocycles. The molecule has 0 radical (unpaired) electrons.